The van der Waals surface area contributed by atoms with E-state index in [0.29, 0.717) is 35.2 Å². The van der Waals surface area contributed by atoms with Crippen molar-refractivity contribution >= 4 is 11.6 Å². The Morgan fingerprint density at radius 1 is 1.17 bits per heavy atom. The van der Waals surface area contributed by atoms with Gasteiger partial charge in [0.2, 0.25) is 5.89 Å². The van der Waals surface area contributed by atoms with Crippen LogP contribution in [-0.4, -0.2) is 33.4 Å². The molecule has 0 aliphatic carbocycles. The first-order valence-electron chi connectivity index (χ1n) is 9.00. The molecule has 0 atom stereocenters. The van der Waals surface area contributed by atoms with Crippen LogP contribution in [-0.2, 0) is 6.42 Å². The molecular formula is C21H19N5O3. The summed E-state index contributed by atoms with van der Waals surface area (Å²) in [6.07, 6.45) is 0.426. The summed E-state index contributed by atoms with van der Waals surface area (Å²) in [5.41, 5.74) is 3.41. The minimum atomic E-state index is -0.291. The molecule has 0 saturated carbocycles. The monoisotopic (exact) mass is 389 g/mol. The molecule has 0 saturated heterocycles. The molecule has 4 rings (SSSR count). The largest absolute Gasteiger partial charge is 0.497 e. The average Bonchev–Trinajstić information content (AvgIpc) is 3.39. The molecule has 0 unspecified atom stereocenters. The lowest BCUT2D eigenvalue weighted by atomic mass is 10.1. The number of para-hydroxylation sites is 1. The molecule has 29 heavy (non-hydrogen) atoms. The fourth-order valence-corrected chi connectivity index (χ4v) is 2.93. The summed E-state index contributed by atoms with van der Waals surface area (Å²) in [7, 11) is 1.61. The maximum atomic E-state index is 12.7. The highest BCUT2D eigenvalue weighted by Crippen LogP contribution is 2.23. The van der Waals surface area contributed by atoms with Gasteiger partial charge in [0.15, 0.2) is 5.82 Å². The van der Waals surface area contributed by atoms with E-state index in [1.807, 2.05) is 48.5 Å². The number of ether oxygens (including phenoxy) is 1. The van der Waals surface area contributed by atoms with Crippen LogP contribution in [0, 0.1) is 6.92 Å². The van der Waals surface area contributed by atoms with Crippen LogP contribution in [0.1, 0.15) is 27.8 Å². The maximum absolute atomic E-state index is 12.7. The number of hydrogen-bond acceptors (Lipinski definition) is 6. The number of nitrogens with one attached hydrogen (secondary N) is 2. The number of aromatic nitrogens is 4. The molecule has 1 amide bonds. The molecule has 0 spiro atoms. The molecule has 0 aliphatic heterocycles. The second-order valence-corrected chi connectivity index (χ2v) is 6.42. The smallest absolute Gasteiger partial charge is 0.273 e. The fourth-order valence-electron chi connectivity index (χ4n) is 2.93. The average molecular weight is 389 g/mol. The highest BCUT2D eigenvalue weighted by molar-refractivity contribution is 6.03. The maximum Gasteiger partial charge on any atom is 0.273 e. The van der Waals surface area contributed by atoms with Crippen molar-refractivity contribution in [3.05, 3.63) is 77.6 Å². The Hall–Kier alpha value is -3.94. The molecule has 146 valence electrons. The van der Waals surface area contributed by atoms with Gasteiger partial charge in [-0.25, -0.2) is 0 Å². The molecule has 0 fully saturated rings. The molecule has 4 aromatic rings. The van der Waals surface area contributed by atoms with Gasteiger partial charge in [-0.3, -0.25) is 9.89 Å². The lowest BCUT2D eigenvalue weighted by molar-refractivity contribution is 0.102. The first-order valence-corrected chi connectivity index (χ1v) is 9.00. The van der Waals surface area contributed by atoms with Gasteiger partial charge in [-0.1, -0.05) is 35.5 Å². The van der Waals surface area contributed by atoms with Gasteiger partial charge in [0, 0.05) is 11.3 Å². The van der Waals surface area contributed by atoms with Gasteiger partial charge in [0.05, 0.1) is 19.2 Å². The number of methoxy groups -OCH3 is 1. The van der Waals surface area contributed by atoms with E-state index in [2.05, 4.69) is 25.7 Å². The minimum absolute atomic E-state index is 0.291. The van der Waals surface area contributed by atoms with Gasteiger partial charge in [-0.15, -0.1) is 0 Å². The van der Waals surface area contributed by atoms with Crippen LogP contribution < -0.4 is 10.1 Å². The van der Waals surface area contributed by atoms with Crippen molar-refractivity contribution in [3.8, 4) is 17.0 Å². The number of nitrogens with zero attached hydrogens (tertiary/aromatic N) is 3. The van der Waals surface area contributed by atoms with Gasteiger partial charge < -0.3 is 14.6 Å². The Kier molecular flexibility index (Phi) is 5.07. The van der Waals surface area contributed by atoms with Gasteiger partial charge in [-0.2, -0.15) is 10.1 Å². The Bertz CT molecular complexity index is 1150. The second-order valence-electron chi connectivity index (χ2n) is 6.42. The summed E-state index contributed by atoms with van der Waals surface area (Å²) in [6.45, 7) is 1.76. The van der Waals surface area contributed by atoms with E-state index in [-0.39, 0.29) is 5.91 Å². The summed E-state index contributed by atoms with van der Waals surface area (Å²) >= 11 is 0. The van der Waals surface area contributed by atoms with Gasteiger partial charge in [0.1, 0.15) is 11.4 Å². The predicted octanol–water partition coefficient (Wildman–Crippen LogP) is 3.62. The molecule has 8 heteroatoms. The van der Waals surface area contributed by atoms with Gasteiger partial charge in [0.25, 0.3) is 5.91 Å². The predicted molar refractivity (Wildman–Crippen MR) is 107 cm³/mol. The summed E-state index contributed by atoms with van der Waals surface area (Å²) in [6, 6.07) is 16.7. The van der Waals surface area contributed by atoms with Crippen molar-refractivity contribution in [2.45, 2.75) is 13.3 Å². The van der Waals surface area contributed by atoms with Crippen LogP contribution in [0.15, 0.2) is 59.1 Å². The number of H-pyrrole nitrogens is 1. The third-order valence-corrected chi connectivity index (χ3v) is 4.36. The van der Waals surface area contributed by atoms with Gasteiger partial charge in [-0.05, 0) is 36.8 Å². The summed E-state index contributed by atoms with van der Waals surface area (Å²) in [5.74, 6) is 1.50. The standard InChI is InChI=1S/C21H19N5O3/c1-13-22-20(29-26-13)11-15-6-3-4-9-17(15)23-21(27)19-12-18(24-25-19)14-7-5-8-16(10-14)28-2/h3-10,12H,11H2,1-2H3,(H,23,27)(H,24,25). The van der Waals surface area contributed by atoms with Crippen molar-refractivity contribution in [1.82, 2.24) is 20.3 Å². The van der Waals surface area contributed by atoms with E-state index >= 15 is 0 Å². The van der Waals surface area contributed by atoms with Crippen molar-refractivity contribution in [2.24, 2.45) is 0 Å². The van der Waals surface area contributed by atoms with E-state index in [1.54, 1.807) is 20.1 Å². The lowest BCUT2D eigenvalue weighted by Gasteiger charge is -2.08. The number of aryl methyl sites for hydroxylation is 1. The van der Waals surface area contributed by atoms with Crippen molar-refractivity contribution in [2.75, 3.05) is 12.4 Å². The van der Waals surface area contributed by atoms with E-state index in [0.717, 1.165) is 16.9 Å². The minimum Gasteiger partial charge on any atom is -0.497 e. The normalized spacial score (nSPS) is 10.7. The Labute approximate surface area is 166 Å². The van der Waals surface area contributed by atoms with Crippen LogP contribution in [0.5, 0.6) is 5.75 Å². The Morgan fingerprint density at radius 2 is 2.03 bits per heavy atom. The van der Waals surface area contributed by atoms with E-state index < -0.39 is 0 Å². The van der Waals surface area contributed by atoms with Crippen LogP contribution >= 0.6 is 0 Å². The summed E-state index contributed by atoms with van der Waals surface area (Å²) in [4.78, 5) is 17.0. The number of carbonyl (C=O) groups is 1. The number of benzene rings is 2. The van der Waals surface area contributed by atoms with Crippen molar-refractivity contribution < 1.29 is 14.1 Å². The summed E-state index contributed by atoms with van der Waals surface area (Å²) < 4.78 is 10.4. The zero-order valence-corrected chi connectivity index (χ0v) is 16.0. The van der Waals surface area contributed by atoms with Crippen LogP contribution in [0.2, 0.25) is 0 Å². The van der Waals surface area contributed by atoms with E-state index in [1.165, 1.54) is 0 Å². The quantitative estimate of drug-likeness (QED) is 0.522. The van der Waals surface area contributed by atoms with Crippen molar-refractivity contribution in [1.29, 1.82) is 0 Å². The van der Waals surface area contributed by atoms with Crippen LogP contribution in [0.3, 0.4) is 0 Å². The second kappa shape index (κ2) is 7.97. The molecule has 0 radical (unpaired) electrons. The SMILES string of the molecule is COc1cccc(-c2cc(C(=O)Nc3ccccc3Cc3nc(C)no3)[nH]n2)c1. The number of anilines is 1. The number of rotatable bonds is 6. The third-order valence-electron chi connectivity index (χ3n) is 4.36. The molecule has 2 heterocycles. The highest BCUT2D eigenvalue weighted by Gasteiger charge is 2.15. The summed E-state index contributed by atoms with van der Waals surface area (Å²) in [5, 5.41) is 13.7. The molecule has 2 N–H and O–H groups in total. The number of carbonyl (C=O) groups excluding carboxylic acids is 1. The zero-order chi connectivity index (χ0) is 20.2. The van der Waals surface area contributed by atoms with E-state index in [9.17, 15) is 4.79 Å². The molecule has 0 aliphatic rings. The first-order chi connectivity index (χ1) is 14.1. The third kappa shape index (κ3) is 4.16. The molecule has 2 aromatic carbocycles. The van der Waals surface area contributed by atoms with Crippen LogP contribution in [0.25, 0.3) is 11.3 Å². The molecular weight excluding hydrogens is 370 g/mol. The molecule has 8 nitrogen and oxygen atoms in total. The Morgan fingerprint density at radius 3 is 2.83 bits per heavy atom. The van der Waals surface area contributed by atoms with Crippen LogP contribution in [0.4, 0.5) is 5.69 Å². The lowest BCUT2D eigenvalue weighted by Crippen LogP contribution is -2.14. The Balaban J connectivity index is 1.52. The van der Waals surface area contributed by atoms with Crippen molar-refractivity contribution in [3.63, 3.8) is 0 Å². The fraction of sp³-hybridized carbons (Fsp3) is 0.143. The number of hydrogen-bond donors (Lipinski definition) is 2. The van der Waals surface area contributed by atoms with E-state index in [4.69, 9.17) is 9.26 Å². The highest BCUT2D eigenvalue weighted by atomic mass is 16.5. The number of aromatic amines is 1. The topological polar surface area (TPSA) is 106 Å². The molecule has 2 aromatic heterocycles. The first kappa shape index (κ1) is 18.4. The molecule has 0 bridgehead atoms. The zero-order valence-electron chi connectivity index (χ0n) is 16.0. The number of amides is 1. The van der Waals surface area contributed by atoms with Gasteiger partial charge >= 0.3 is 0 Å².